The van der Waals surface area contributed by atoms with Crippen LogP contribution in [0.25, 0.3) is 12.2 Å². The van der Waals surface area contributed by atoms with Gasteiger partial charge in [0.05, 0.1) is 13.2 Å². The molecule has 0 amide bonds. The Hall–Kier alpha value is -10.0. The third kappa shape index (κ3) is 59.1. The number of phenolic OH excluding ortho intramolecular Hbond substituents is 2. The average molecular weight is 1450 g/mol. The van der Waals surface area contributed by atoms with Crippen molar-refractivity contribution < 1.29 is 88.5 Å². The van der Waals surface area contributed by atoms with Crippen molar-refractivity contribution in [3.8, 4) is 11.5 Å². The Kier molecular flexibility index (Phi) is 58.8. The maximum absolute atomic E-state index is 10.7. The highest BCUT2D eigenvalue weighted by molar-refractivity contribution is 5.89. The van der Waals surface area contributed by atoms with Gasteiger partial charge in [0, 0.05) is 67.9 Å². The first-order valence-electron chi connectivity index (χ1n) is 34.9. The molecule has 0 fully saturated rings. The van der Waals surface area contributed by atoms with Crippen LogP contribution in [-0.4, -0.2) is 130 Å². The van der Waals surface area contributed by atoms with Gasteiger partial charge >= 0.3 is 29.8 Å². The molecule has 0 bridgehead atoms. The Morgan fingerprint density at radius 1 is 0.333 bits per heavy atom. The van der Waals surface area contributed by atoms with Crippen LogP contribution in [0.15, 0.2) is 254 Å². The van der Waals surface area contributed by atoms with Gasteiger partial charge in [-0.1, -0.05) is 253 Å². The van der Waals surface area contributed by atoms with E-state index >= 15 is 0 Å². The number of carbonyl (C=O) groups excluding carboxylic acids is 5. The number of hydrogen-bond donors (Lipinski definition) is 8. The molecule has 105 heavy (non-hydrogen) atoms. The van der Waals surface area contributed by atoms with Gasteiger partial charge in [-0.05, 0) is 132 Å². The van der Waals surface area contributed by atoms with Crippen molar-refractivity contribution in [2.24, 2.45) is 5.41 Å². The van der Waals surface area contributed by atoms with Crippen LogP contribution >= 0.6 is 0 Å². The molecule has 0 spiro atoms. The number of cyclic esters (lactones) is 5. The molecule has 0 aliphatic carbocycles. The predicted molar refractivity (Wildman–Crippen MR) is 420 cm³/mol. The highest BCUT2D eigenvalue weighted by atomic mass is 16.6. The Bertz CT molecular complexity index is 3120. The summed E-state index contributed by atoms with van der Waals surface area (Å²) in [7, 11) is 0. The second-order valence-electron chi connectivity index (χ2n) is 25.2. The zero-order valence-electron chi connectivity index (χ0n) is 63.4. The van der Waals surface area contributed by atoms with Gasteiger partial charge in [-0.25, -0.2) is 24.0 Å². The van der Waals surface area contributed by atoms with Crippen LogP contribution in [0.2, 0.25) is 0 Å². The molecule has 5 aliphatic rings. The van der Waals surface area contributed by atoms with Crippen molar-refractivity contribution >= 4 is 42.0 Å². The standard InChI is InChI=1S/2C11H8O3.4C9H12.C5H12.3C4H4O2.2C4H10O2.C4H8O2/c2*12-10-4-2-1-3-8(10)7-9-5-6-11(13)14-9;4*1-8(2)9-6-4-3-5-7-9;1-5(2,3)4;3*5-4-2-1-3-6-4;3*5-3-1-2-4-6/h2*1-7,12H;4*3-8H,1-2H3;1-4H3;3*1-2H,3H2;2*5-6H,1-4H2;1-2,5-6H,3-4H2/b2*9-7-;;;;;;;;;;;2-1-. The largest absolute Gasteiger partial charge is 0.507 e. The molecule has 0 saturated carbocycles. The maximum Gasteiger partial charge on any atom is 0.336 e. The lowest BCUT2D eigenvalue weighted by atomic mass is 10.0. The fraction of sp³-hybridized carbons (Fsp3) is 0.345. The van der Waals surface area contributed by atoms with Crippen LogP contribution in [0.3, 0.4) is 0 Å². The number of ether oxygens (including phenoxy) is 5. The minimum atomic E-state index is -0.383. The number of rotatable bonds is 14. The van der Waals surface area contributed by atoms with Gasteiger partial charge in [0.15, 0.2) is 0 Å². The van der Waals surface area contributed by atoms with E-state index in [4.69, 9.17) is 40.1 Å². The molecule has 0 radical (unpaired) electrons. The van der Waals surface area contributed by atoms with E-state index in [1.807, 2.05) is 24.3 Å². The highest BCUT2D eigenvalue weighted by Gasteiger charge is 2.11. The summed E-state index contributed by atoms with van der Waals surface area (Å²) in [6.07, 6.45) is 24.2. The van der Waals surface area contributed by atoms with Gasteiger partial charge in [-0.3, -0.25) is 0 Å². The summed E-state index contributed by atoms with van der Waals surface area (Å²) in [5.41, 5.74) is 7.41. The minimum Gasteiger partial charge on any atom is -0.507 e. The van der Waals surface area contributed by atoms with E-state index in [0.717, 1.165) is 25.7 Å². The first-order chi connectivity index (χ1) is 50.2. The molecule has 0 aromatic heterocycles. The summed E-state index contributed by atoms with van der Waals surface area (Å²) in [5.74, 6) is 2.40. The van der Waals surface area contributed by atoms with Crippen molar-refractivity contribution in [1.29, 1.82) is 0 Å². The molecule has 6 aromatic rings. The first kappa shape index (κ1) is 97.0. The van der Waals surface area contributed by atoms with E-state index in [1.54, 1.807) is 91.1 Å². The third-order valence-corrected chi connectivity index (χ3v) is 12.8. The molecule has 18 nitrogen and oxygen atoms in total. The molecule has 572 valence electrons. The Balaban J connectivity index is 0. The van der Waals surface area contributed by atoms with Crippen molar-refractivity contribution in [3.05, 3.63) is 288 Å². The van der Waals surface area contributed by atoms with Crippen LogP contribution in [0, 0.1) is 5.41 Å². The maximum atomic E-state index is 10.7. The summed E-state index contributed by atoms with van der Waals surface area (Å²) in [5, 5.41) is 67.2. The van der Waals surface area contributed by atoms with E-state index in [2.05, 4.69) is 194 Å². The number of aliphatic hydroxyl groups excluding tert-OH is 6. The predicted octanol–water partition coefficient (Wildman–Crippen LogP) is 16.3. The molecule has 5 aliphatic heterocycles. The number of esters is 5. The smallest absolute Gasteiger partial charge is 0.336 e. The van der Waals surface area contributed by atoms with Crippen molar-refractivity contribution in [1.82, 2.24) is 0 Å². The van der Waals surface area contributed by atoms with Crippen LogP contribution < -0.4 is 0 Å². The molecule has 18 heteroatoms. The monoisotopic (exact) mass is 1450 g/mol. The number of unbranched alkanes of at least 4 members (excludes halogenated alkanes) is 2. The number of carbonyl (C=O) groups is 5. The normalized spacial score (nSPS) is 13.4. The summed E-state index contributed by atoms with van der Waals surface area (Å²) < 4.78 is 22.8. The van der Waals surface area contributed by atoms with Crippen LogP contribution in [0.1, 0.15) is 166 Å². The van der Waals surface area contributed by atoms with E-state index in [-0.39, 0.29) is 81.0 Å². The summed E-state index contributed by atoms with van der Waals surface area (Å²) in [6, 6.07) is 55.8. The molecule has 11 rings (SSSR count). The van der Waals surface area contributed by atoms with Crippen molar-refractivity contribution in [3.63, 3.8) is 0 Å². The lowest BCUT2D eigenvalue weighted by Gasteiger charge is -2.05. The van der Waals surface area contributed by atoms with E-state index in [1.165, 1.54) is 64.8 Å². The quantitative estimate of drug-likeness (QED) is 0.0218. The summed E-state index contributed by atoms with van der Waals surface area (Å²) >= 11 is 0. The van der Waals surface area contributed by atoms with Gasteiger partial charge in [0.25, 0.3) is 0 Å². The second-order valence-corrected chi connectivity index (χ2v) is 25.2. The number of hydrogen-bond acceptors (Lipinski definition) is 18. The van der Waals surface area contributed by atoms with Crippen LogP contribution in [-0.2, 0) is 47.7 Å². The van der Waals surface area contributed by atoms with Crippen molar-refractivity contribution in [2.75, 3.05) is 59.5 Å². The minimum absolute atomic E-state index is 0.0144. The Morgan fingerprint density at radius 2 is 0.562 bits per heavy atom. The SMILES string of the molecule is CC(C)(C)C.CC(C)c1ccccc1.CC(C)c1ccccc1.CC(C)c1ccccc1.CC(C)c1ccccc1.O=C1C=C/C(=C/c2ccccc2O)O1.O=C1C=C/C(=C/c2ccccc2O)O1.O=C1C=CCO1.O=C1C=CCO1.O=C1C=CCO1.OC/C=C\CO.OCCCCO.OCCCCO. The molecule has 8 N–H and O–H groups in total. The van der Waals surface area contributed by atoms with E-state index < -0.39 is 0 Å². The Morgan fingerprint density at radius 3 is 0.705 bits per heavy atom. The van der Waals surface area contributed by atoms with E-state index in [0.29, 0.717) is 71.6 Å². The molecule has 0 saturated heterocycles. The average Bonchev–Trinajstić information content (AvgIpc) is 1.83. The molecule has 5 heterocycles. The van der Waals surface area contributed by atoms with E-state index in [9.17, 15) is 34.2 Å². The van der Waals surface area contributed by atoms with Gasteiger partial charge in [-0.15, -0.1) is 0 Å². The molecule has 0 atom stereocenters. The summed E-state index contributed by atoms with van der Waals surface area (Å²) in [6.45, 7) is 28.6. The molecule has 0 unspecified atom stereocenters. The van der Waals surface area contributed by atoms with Crippen LogP contribution in [0.5, 0.6) is 11.5 Å². The number of aromatic hydroxyl groups is 2. The molecule has 6 aromatic carbocycles. The number of phenols is 2. The highest BCUT2D eigenvalue weighted by Crippen LogP contribution is 2.23. The first-order valence-corrected chi connectivity index (χ1v) is 34.9. The zero-order valence-corrected chi connectivity index (χ0v) is 63.4. The lowest BCUT2D eigenvalue weighted by Crippen LogP contribution is -1.93. The number of benzene rings is 6. The fourth-order valence-electron chi connectivity index (χ4n) is 7.27. The van der Waals surface area contributed by atoms with Crippen LogP contribution in [0.4, 0.5) is 0 Å². The fourth-order valence-corrected chi connectivity index (χ4v) is 7.27. The number of aliphatic hydroxyl groups is 6. The van der Waals surface area contributed by atoms with Gasteiger partial charge < -0.3 is 64.5 Å². The molecular formula is C87H116O18. The number of para-hydroxylation sites is 2. The number of allylic oxidation sites excluding steroid dienone is 2. The zero-order chi connectivity index (χ0) is 78.9. The summed E-state index contributed by atoms with van der Waals surface area (Å²) in [4.78, 5) is 51.2. The lowest BCUT2D eigenvalue weighted by molar-refractivity contribution is -0.135. The topological polar surface area (TPSA) is 293 Å². The van der Waals surface area contributed by atoms with Gasteiger partial charge in [0.1, 0.15) is 42.8 Å². The van der Waals surface area contributed by atoms with Gasteiger partial charge in [0.2, 0.25) is 0 Å². The molecular weight excluding hydrogens is 1330 g/mol. The third-order valence-electron chi connectivity index (χ3n) is 12.8. The Labute approximate surface area is 624 Å². The van der Waals surface area contributed by atoms with Crippen molar-refractivity contribution in [2.45, 2.75) is 132 Å². The second kappa shape index (κ2) is 63.6. The van der Waals surface area contributed by atoms with Gasteiger partial charge in [-0.2, -0.15) is 0 Å².